The lowest BCUT2D eigenvalue weighted by Crippen LogP contribution is -2.06. The van der Waals surface area contributed by atoms with Gasteiger partial charge in [-0.2, -0.15) is 0 Å². The molecule has 2 aromatic rings. The highest BCUT2D eigenvalue weighted by Crippen LogP contribution is 2.24. The standard InChI is InChI=1S/C9H5Cl2N3O/c10-5-3-6(11)8(13-4-5)9-12-2-1-7(15)14-9/h1-4H,(H,12,14,15). The predicted molar refractivity (Wildman–Crippen MR) is 58.1 cm³/mol. The number of rotatable bonds is 1. The van der Waals surface area contributed by atoms with E-state index in [9.17, 15) is 4.79 Å². The Bertz CT molecular complexity index is 553. The van der Waals surface area contributed by atoms with Crippen LogP contribution in [0.25, 0.3) is 11.5 Å². The molecule has 0 aromatic carbocycles. The number of aromatic amines is 1. The summed E-state index contributed by atoms with van der Waals surface area (Å²) in [6, 6.07) is 2.85. The number of nitrogens with one attached hydrogen (secondary N) is 1. The van der Waals surface area contributed by atoms with Gasteiger partial charge in [0.15, 0.2) is 5.82 Å². The Balaban J connectivity index is 2.59. The maximum atomic E-state index is 11.0. The van der Waals surface area contributed by atoms with Crippen molar-refractivity contribution >= 4 is 23.2 Å². The van der Waals surface area contributed by atoms with Crippen LogP contribution in [-0.4, -0.2) is 15.0 Å². The SMILES string of the molecule is O=c1ccnc(-c2ncc(Cl)cc2Cl)[nH]1. The summed E-state index contributed by atoms with van der Waals surface area (Å²) in [6.07, 6.45) is 2.83. The zero-order valence-electron chi connectivity index (χ0n) is 7.37. The van der Waals surface area contributed by atoms with Crippen molar-refractivity contribution in [3.05, 3.63) is 44.9 Å². The molecule has 1 N–H and O–H groups in total. The molecule has 0 aliphatic heterocycles. The summed E-state index contributed by atoms with van der Waals surface area (Å²) in [5.41, 5.74) is 0.145. The Morgan fingerprint density at radius 3 is 2.73 bits per heavy atom. The molecule has 0 radical (unpaired) electrons. The van der Waals surface area contributed by atoms with Crippen molar-refractivity contribution in [1.29, 1.82) is 0 Å². The second-order valence-corrected chi connectivity index (χ2v) is 3.61. The lowest BCUT2D eigenvalue weighted by Gasteiger charge is -2.01. The summed E-state index contributed by atoms with van der Waals surface area (Å²) >= 11 is 11.6. The molecule has 0 saturated carbocycles. The third-order valence-electron chi connectivity index (χ3n) is 1.70. The molecule has 0 amide bonds. The molecule has 0 aliphatic carbocycles. The lowest BCUT2D eigenvalue weighted by atomic mass is 10.3. The molecule has 2 heterocycles. The number of nitrogens with zero attached hydrogens (tertiary/aromatic N) is 2. The van der Waals surface area contributed by atoms with Gasteiger partial charge in [-0.05, 0) is 6.07 Å². The maximum Gasteiger partial charge on any atom is 0.251 e. The number of hydrogen-bond acceptors (Lipinski definition) is 3. The van der Waals surface area contributed by atoms with Crippen LogP contribution in [0.15, 0.2) is 29.3 Å². The van der Waals surface area contributed by atoms with Gasteiger partial charge < -0.3 is 4.98 Å². The van der Waals surface area contributed by atoms with E-state index in [1.165, 1.54) is 18.5 Å². The fourth-order valence-electron chi connectivity index (χ4n) is 1.08. The normalized spacial score (nSPS) is 10.3. The third kappa shape index (κ3) is 2.16. The Morgan fingerprint density at radius 2 is 2.07 bits per heavy atom. The molecule has 15 heavy (non-hydrogen) atoms. The van der Waals surface area contributed by atoms with Crippen molar-refractivity contribution in [2.45, 2.75) is 0 Å². The largest absolute Gasteiger partial charge is 0.305 e. The van der Waals surface area contributed by atoms with Crippen LogP contribution in [0.2, 0.25) is 10.0 Å². The third-order valence-corrected chi connectivity index (χ3v) is 2.20. The van der Waals surface area contributed by atoms with Gasteiger partial charge in [-0.3, -0.25) is 4.79 Å². The van der Waals surface area contributed by atoms with E-state index in [4.69, 9.17) is 23.2 Å². The molecular formula is C9H5Cl2N3O. The molecule has 0 bridgehead atoms. The van der Waals surface area contributed by atoms with Crippen molar-refractivity contribution in [3.63, 3.8) is 0 Å². The summed E-state index contributed by atoms with van der Waals surface area (Å²) in [7, 11) is 0. The smallest absolute Gasteiger partial charge is 0.251 e. The summed E-state index contributed by atoms with van der Waals surface area (Å²) in [4.78, 5) is 21.5. The second kappa shape index (κ2) is 4.00. The number of hydrogen-bond donors (Lipinski definition) is 1. The van der Waals surface area contributed by atoms with Crippen LogP contribution in [-0.2, 0) is 0 Å². The van der Waals surface area contributed by atoms with Crippen LogP contribution >= 0.6 is 23.2 Å². The molecule has 6 heteroatoms. The molecule has 0 aliphatic rings. The van der Waals surface area contributed by atoms with E-state index in [2.05, 4.69) is 15.0 Å². The average molecular weight is 242 g/mol. The molecular weight excluding hydrogens is 237 g/mol. The quantitative estimate of drug-likeness (QED) is 0.833. The van der Waals surface area contributed by atoms with Crippen LogP contribution in [0.4, 0.5) is 0 Å². The van der Waals surface area contributed by atoms with Gasteiger partial charge in [-0.25, -0.2) is 9.97 Å². The van der Waals surface area contributed by atoms with Crippen LogP contribution in [0, 0.1) is 0 Å². The second-order valence-electron chi connectivity index (χ2n) is 2.77. The van der Waals surface area contributed by atoms with Crippen LogP contribution in [0.3, 0.4) is 0 Å². The first-order chi connectivity index (χ1) is 7.16. The molecule has 2 aromatic heterocycles. The topological polar surface area (TPSA) is 58.6 Å². The van der Waals surface area contributed by atoms with Crippen LogP contribution in [0.1, 0.15) is 0 Å². The highest BCUT2D eigenvalue weighted by molar-refractivity contribution is 6.35. The van der Waals surface area contributed by atoms with E-state index in [1.807, 2.05) is 0 Å². The van der Waals surface area contributed by atoms with Crippen molar-refractivity contribution < 1.29 is 0 Å². The van der Waals surface area contributed by atoms with Gasteiger partial charge in [0.05, 0.1) is 10.0 Å². The van der Waals surface area contributed by atoms with E-state index in [1.54, 1.807) is 6.07 Å². The summed E-state index contributed by atoms with van der Waals surface area (Å²) in [5.74, 6) is 0.323. The first-order valence-electron chi connectivity index (χ1n) is 4.03. The minimum absolute atomic E-state index is 0.257. The van der Waals surface area contributed by atoms with Crippen molar-refractivity contribution in [1.82, 2.24) is 15.0 Å². The van der Waals surface area contributed by atoms with Gasteiger partial charge in [-0.15, -0.1) is 0 Å². The number of halogens is 2. The van der Waals surface area contributed by atoms with Crippen molar-refractivity contribution in [2.24, 2.45) is 0 Å². The summed E-state index contributed by atoms with van der Waals surface area (Å²) in [5, 5.41) is 0.777. The first kappa shape index (κ1) is 10.1. The molecule has 2 rings (SSSR count). The monoisotopic (exact) mass is 241 g/mol. The molecule has 0 atom stereocenters. The predicted octanol–water partition coefficient (Wildman–Crippen LogP) is 2.14. The fourth-order valence-corrected chi connectivity index (χ4v) is 1.55. The van der Waals surface area contributed by atoms with Gasteiger partial charge >= 0.3 is 0 Å². The minimum Gasteiger partial charge on any atom is -0.305 e. The van der Waals surface area contributed by atoms with E-state index >= 15 is 0 Å². The molecule has 0 spiro atoms. The minimum atomic E-state index is -0.257. The summed E-state index contributed by atoms with van der Waals surface area (Å²) in [6.45, 7) is 0. The van der Waals surface area contributed by atoms with Crippen LogP contribution in [0.5, 0.6) is 0 Å². The Morgan fingerprint density at radius 1 is 1.27 bits per heavy atom. The Labute approximate surface area is 94.9 Å². The molecule has 0 fully saturated rings. The van der Waals surface area contributed by atoms with E-state index in [0.29, 0.717) is 21.6 Å². The molecule has 76 valence electrons. The van der Waals surface area contributed by atoms with Gasteiger partial charge in [-0.1, -0.05) is 23.2 Å². The highest BCUT2D eigenvalue weighted by Gasteiger charge is 2.07. The first-order valence-corrected chi connectivity index (χ1v) is 4.79. The maximum absolute atomic E-state index is 11.0. The number of aromatic nitrogens is 3. The van der Waals surface area contributed by atoms with Gasteiger partial charge in [0.2, 0.25) is 0 Å². The molecule has 0 saturated heterocycles. The van der Waals surface area contributed by atoms with Crippen molar-refractivity contribution in [3.8, 4) is 11.5 Å². The van der Waals surface area contributed by atoms with Gasteiger partial charge in [0.25, 0.3) is 5.56 Å². The van der Waals surface area contributed by atoms with Gasteiger partial charge in [0.1, 0.15) is 5.69 Å². The van der Waals surface area contributed by atoms with Gasteiger partial charge in [0, 0.05) is 18.5 Å². The average Bonchev–Trinajstić information content (AvgIpc) is 2.17. The summed E-state index contributed by atoms with van der Waals surface area (Å²) < 4.78 is 0. The molecule has 4 nitrogen and oxygen atoms in total. The van der Waals surface area contributed by atoms with E-state index < -0.39 is 0 Å². The van der Waals surface area contributed by atoms with Crippen molar-refractivity contribution in [2.75, 3.05) is 0 Å². The molecule has 0 unspecified atom stereocenters. The lowest BCUT2D eigenvalue weighted by molar-refractivity contribution is 1.10. The number of H-pyrrole nitrogens is 1. The highest BCUT2D eigenvalue weighted by atomic mass is 35.5. The zero-order chi connectivity index (χ0) is 10.8. The zero-order valence-corrected chi connectivity index (χ0v) is 8.88. The van der Waals surface area contributed by atoms with E-state index in [-0.39, 0.29) is 5.56 Å². The van der Waals surface area contributed by atoms with E-state index in [0.717, 1.165) is 0 Å². The fraction of sp³-hybridized carbons (Fsp3) is 0. The van der Waals surface area contributed by atoms with Crippen LogP contribution < -0.4 is 5.56 Å². The number of pyridine rings is 1. The Hall–Kier alpha value is -1.39. The Kier molecular flexibility index (Phi) is 2.70.